The second kappa shape index (κ2) is 6.35. The Kier molecular flexibility index (Phi) is 4.76. The highest BCUT2D eigenvalue weighted by molar-refractivity contribution is 6.31. The predicted octanol–water partition coefficient (Wildman–Crippen LogP) is 2.91. The summed E-state index contributed by atoms with van der Waals surface area (Å²) >= 11 is 6.16. The third kappa shape index (κ3) is 2.85. The highest BCUT2D eigenvalue weighted by atomic mass is 35.5. The Labute approximate surface area is 123 Å². The van der Waals surface area contributed by atoms with E-state index >= 15 is 0 Å². The highest BCUT2D eigenvalue weighted by Crippen LogP contribution is 2.31. The van der Waals surface area contributed by atoms with Gasteiger partial charge in [0, 0.05) is 17.0 Å². The molecule has 0 aliphatic heterocycles. The summed E-state index contributed by atoms with van der Waals surface area (Å²) < 4.78 is 14.1. The van der Waals surface area contributed by atoms with E-state index < -0.39 is 5.41 Å². The Balaban J connectivity index is 2.46. The van der Waals surface area contributed by atoms with Gasteiger partial charge in [-0.2, -0.15) is 0 Å². The van der Waals surface area contributed by atoms with Crippen LogP contribution in [0.15, 0.2) is 48.5 Å². The SMILES string of the molecule is NCC(CO)(Cc1ccccc1Cl)c1ccccc1F. The van der Waals surface area contributed by atoms with Crippen LogP contribution in [0.25, 0.3) is 0 Å². The Bertz CT molecular complexity index is 584. The number of hydrogen-bond acceptors (Lipinski definition) is 2. The first-order valence-corrected chi connectivity index (χ1v) is 6.80. The van der Waals surface area contributed by atoms with Crippen molar-refractivity contribution in [2.24, 2.45) is 5.73 Å². The standard InChI is InChI=1S/C16H17ClFNO/c17-14-7-3-1-5-12(14)9-16(10-19,11-20)13-6-2-4-8-15(13)18/h1-8,20H,9-11,19H2. The van der Waals surface area contributed by atoms with Crippen LogP contribution in [0.1, 0.15) is 11.1 Å². The normalized spacial score (nSPS) is 14.0. The van der Waals surface area contributed by atoms with Crippen LogP contribution in [0.5, 0.6) is 0 Å². The largest absolute Gasteiger partial charge is 0.395 e. The van der Waals surface area contributed by atoms with Gasteiger partial charge in [0.15, 0.2) is 0 Å². The van der Waals surface area contributed by atoms with E-state index in [-0.39, 0.29) is 19.0 Å². The minimum absolute atomic E-state index is 0.135. The zero-order valence-corrected chi connectivity index (χ0v) is 11.8. The molecule has 2 nitrogen and oxygen atoms in total. The lowest BCUT2D eigenvalue weighted by Crippen LogP contribution is -2.41. The van der Waals surface area contributed by atoms with Crippen molar-refractivity contribution < 1.29 is 9.50 Å². The Morgan fingerprint density at radius 2 is 1.75 bits per heavy atom. The molecule has 1 unspecified atom stereocenters. The molecule has 2 aromatic carbocycles. The zero-order valence-electron chi connectivity index (χ0n) is 11.0. The van der Waals surface area contributed by atoms with E-state index in [2.05, 4.69) is 0 Å². The molecule has 4 heteroatoms. The van der Waals surface area contributed by atoms with Crippen molar-refractivity contribution in [3.8, 4) is 0 Å². The Morgan fingerprint density at radius 1 is 1.10 bits per heavy atom. The summed E-state index contributed by atoms with van der Waals surface area (Å²) in [5.41, 5.74) is 6.25. The van der Waals surface area contributed by atoms with Crippen LogP contribution in [0.2, 0.25) is 5.02 Å². The molecule has 20 heavy (non-hydrogen) atoms. The summed E-state index contributed by atoms with van der Waals surface area (Å²) in [6.45, 7) is -0.106. The number of halogens is 2. The van der Waals surface area contributed by atoms with Crippen LogP contribution < -0.4 is 5.73 Å². The van der Waals surface area contributed by atoms with Gasteiger partial charge in [0.2, 0.25) is 0 Å². The van der Waals surface area contributed by atoms with Gasteiger partial charge < -0.3 is 10.8 Å². The van der Waals surface area contributed by atoms with Crippen molar-refractivity contribution in [3.05, 3.63) is 70.5 Å². The summed E-state index contributed by atoms with van der Waals surface area (Å²) in [6, 6.07) is 13.7. The third-order valence-electron chi connectivity index (χ3n) is 3.63. The number of hydrogen-bond donors (Lipinski definition) is 2. The second-order valence-corrected chi connectivity index (χ2v) is 5.30. The summed E-state index contributed by atoms with van der Waals surface area (Å²) in [6.07, 6.45) is 0.389. The predicted molar refractivity (Wildman–Crippen MR) is 79.4 cm³/mol. The number of benzene rings is 2. The van der Waals surface area contributed by atoms with Crippen LogP contribution in [-0.2, 0) is 11.8 Å². The molecule has 0 aromatic heterocycles. The van der Waals surface area contributed by atoms with Crippen molar-refractivity contribution in [1.82, 2.24) is 0 Å². The van der Waals surface area contributed by atoms with Crippen LogP contribution in [0.3, 0.4) is 0 Å². The summed E-state index contributed by atoms with van der Waals surface area (Å²) in [4.78, 5) is 0. The van der Waals surface area contributed by atoms with E-state index in [1.807, 2.05) is 18.2 Å². The number of nitrogens with two attached hydrogens (primary N) is 1. The molecule has 0 aliphatic rings. The van der Waals surface area contributed by atoms with Gasteiger partial charge in [-0.25, -0.2) is 4.39 Å². The average molecular weight is 294 g/mol. The topological polar surface area (TPSA) is 46.2 Å². The molecule has 0 spiro atoms. The fraction of sp³-hybridized carbons (Fsp3) is 0.250. The molecule has 106 valence electrons. The molecule has 0 saturated heterocycles. The van der Waals surface area contributed by atoms with E-state index in [1.165, 1.54) is 6.07 Å². The van der Waals surface area contributed by atoms with Gasteiger partial charge in [0.25, 0.3) is 0 Å². The Hall–Kier alpha value is -1.42. The molecule has 0 saturated carbocycles. The smallest absolute Gasteiger partial charge is 0.127 e. The van der Waals surface area contributed by atoms with E-state index in [0.717, 1.165) is 5.56 Å². The van der Waals surface area contributed by atoms with Crippen LogP contribution >= 0.6 is 11.6 Å². The molecule has 0 amide bonds. The van der Waals surface area contributed by atoms with Gasteiger partial charge in [-0.3, -0.25) is 0 Å². The van der Waals surface area contributed by atoms with Crippen LogP contribution in [-0.4, -0.2) is 18.3 Å². The van der Waals surface area contributed by atoms with Crippen molar-refractivity contribution >= 4 is 11.6 Å². The maximum Gasteiger partial charge on any atom is 0.127 e. The molecule has 0 radical (unpaired) electrons. The fourth-order valence-corrected chi connectivity index (χ4v) is 2.58. The molecule has 2 aromatic rings. The zero-order chi connectivity index (χ0) is 14.6. The lowest BCUT2D eigenvalue weighted by atomic mass is 9.76. The van der Waals surface area contributed by atoms with E-state index in [0.29, 0.717) is 17.0 Å². The molecule has 3 N–H and O–H groups in total. The first kappa shape index (κ1) is 15.0. The van der Waals surface area contributed by atoms with Crippen molar-refractivity contribution in [1.29, 1.82) is 0 Å². The molecule has 0 fully saturated rings. The molecule has 1 atom stereocenters. The van der Waals surface area contributed by atoms with E-state index in [9.17, 15) is 9.50 Å². The molecule has 0 bridgehead atoms. The summed E-state index contributed by atoms with van der Waals surface area (Å²) in [7, 11) is 0. The maximum absolute atomic E-state index is 14.1. The summed E-state index contributed by atoms with van der Waals surface area (Å²) in [5, 5.41) is 10.4. The molecule has 0 heterocycles. The third-order valence-corrected chi connectivity index (χ3v) is 3.99. The molecular formula is C16H17ClFNO. The van der Waals surface area contributed by atoms with Crippen LogP contribution in [0.4, 0.5) is 4.39 Å². The highest BCUT2D eigenvalue weighted by Gasteiger charge is 2.33. The monoisotopic (exact) mass is 293 g/mol. The number of rotatable bonds is 5. The molecular weight excluding hydrogens is 277 g/mol. The molecule has 0 aliphatic carbocycles. The van der Waals surface area contributed by atoms with Gasteiger partial charge in [-0.1, -0.05) is 48.0 Å². The fourth-order valence-electron chi connectivity index (χ4n) is 2.38. The Morgan fingerprint density at radius 3 is 2.35 bits per heavy atom. The minimum atomic E-state index is -0.865. The van der Waals surface area contributed by atoms with Gasteiger partial charge >= 0.3 is 0 Å². The van der Waals surface area contributed by atoms with Crippen molar-refractivity contribution in [3.63, 3.8) is 0 Å². The van der Waals surface area contributed by atoms with Crippen LogP contribution in [0, 0.1) is 5.82 Å². The van der Waals surface area contributed by atoms with Gasteiger partial charge in [0.1, 0.15) is 5.82 Å². The first-order chi connectivity index (χ1) is 9.63. The molecule has 2 rings (SSSR count). The number of aliphatic hydroxyl groups is 1. The van der Waals surface area contributed by atoms with Gasteiger partial charge in [-0.15, -0.1) is 0 Å². The van der Waals surface area contributed by atoms with Crippen molar-refractivity contribution in [2.75, 3.05) is 13.2 Å². The minimum Gasteiger partial charge on any atom is -0.395 e. The first-order valence-electron chi connectivity index (χ1n) is 6.42. The van der Waals surface area contributed by atoms with Crippen molar-refractivity contribution in [2.45, 2.75) is 11.8 Å². The average Bonchev–Trinajstić information content (AvgIpc) is 2.48. The van der Waals surface area contributed by atoms with Gasteiger partial charge in [-0.05, 0) is 29.7 Å². The lowest BCUT2D eigenvalue weighted by Gasteiger charge is -2.32. The lowest BCUT2D eigenvalue weighted by molar-refractivity contribution is 0.192. The second-order valence-electron chi connectivity index (χ2n) is 4.89. The number of aliphatic hydroxyl groups excluding tert-OH is 1. The van der Waals surface area contributed by atoms with E-state index in [4.69, 9.17) is 17.3 Å². The quantitative estimate of drug-likeness (QED) is 0.890. The van der Waals surface area contributed by atoms with E-state index in [1.54, 1.807) is 24.3 Å². The van der Waals surface area contributed by atoms with Gasteiger partial charge in [0.05, 0.1) is 6.61 Å². The summed E-state index contributed by atoms with van der Waals surface area (Å²) in [5.74, 6) is -0.362. The maximum atomic E-state index is 14.1.